The summed E-state index contributed by atoms with van der Waals surface area (Å²) in [7, 11) is 3.82. The first-order valence-electron chi connectivity index (χ1n) is 5.53. The second-order valence-electron chi connectivity index (χ2n) is 3.79. The van der Waals surface area contributed by atoms with Crippen molar-refractivity contribution in [2.24, 2.45) is 0 Å². The molecule has 0 aromatic carbocycles. The van der Waals surface area contributed by atoms with Gasteiger partial charge in [-0.25, -0.2) is 0 Å². The van der Waals surface area contributed by atoms with Gasteiger partial charge in [0.2, 0.25) is 0 Å². The van der Waals surface area contributed by atoms with Crippen molar-refractivity contribution in [1.82, 2.24) is 5.32 Å². The largest absolute Gasteiger partial charge is 0.380 e. The molecule has 0 spiro atoms. The fourth-order valence-electron chi connectivity index (χ4n) is 1.85. The van der Waals surface area contributed by atoms with Crippen molar-refractivity contribution in [3.63, 3.8) is 0 Å². The van der Waals surface area contributed by atoms with Crippen molar-refractivity contribution in [1.29, 1.82) is 0 Å². The fourth-order valence-corrected chi connectivity index (χ4v) is 2.53. The third-order valence-corrected chi connectivity index (χ3v) is 3.46. The predicted molar refractivity (Wildman–Crippen MR) is 66.6 cm³/mol. The van der Waals surface area contributed by atoms with E-state index in [9.17, 15) is 0 Å². The maximum atomic E-state index is 5.53. The van der Waals surface area contributed by atoms with Crippen LogP contribution in [0.5, 0.6) is 0 Å². The Labute approximate surface area is 96.7 Å². The third-order valence-electron chi connectivity index (χ3n) is 2.73. The highest BCUT2D eigenvalue weighted by Gasteiger charge is 2.19. The van der Waals surface area contributed by atoms with Crippen LogP contribution in [-0.2, 0) is 11.2 Å². The molecule has 1 rings (SSSR count). The Morgan fingerprint density at radius 1 is 1.53 bits per heavy atom. The molecule has 2 atom stereocenters. The first-order chi connectivity index (χ1) is 7.31. The number of nitrogens with one attached hydrogen (secondary N) is 1. The molecule has 0 aliphatic heterocycles. The average molecular weight is 227 g/mol. The summed E-state index contributed by atoms with van der Waals surface area (Å²) in [5, 5.41) is 7.70. The van der Waals surface area contributed by atoms with Crippen molar-refractivity contribution in [2.45, 2.75) is 38.3 Å². The maximum Gasteiger partial charge on any atom is 0.0727 e. The van der Waals surface area contributed by atoms with E-state index in [0.29, 0.717) is 12.1 Å². The van der Waals surface area contributed by atoms with Crippen LogP contribution in [0.4, 0.5) is 0 Å². The zero-order valence-corrected chi connectivity index (χ0v) is 10.6. The Morgan fingerprint density at radius 2 is 2.33 bits per heavy atom. The molecule has 1 heterocycles. The maximum absolute atomic E-state index is 5.53. The Hall–Kier alpha value is -0.380. The van der Waals surface area contributed by atoms with E-state index in [-0.39, 0.29) is 0 Å². The van der Waals surface area contributed by atoms with Crippen LogP contribution in [0.15, 0.2) is 16.8 Å². The molecule has 1 aromatic rings. The lowest BCUT2D eigenvalue weighted by Gasteiger charge is -2.25. The third kappa shape index (κ3) is 3.93. The highest BCUT2D eigenvalue weighted by Crippen LogP contribution is 2.14. The molecule has 0 aliphatic carbocycles. The van der Waals surface area contributed by atoms with Crippen LogP contribution in [0.25, 0.3) is 0 Å². The van der Waals surface area contributed by atoms with Gasteiger partial charge in [-0.2, -0.15) is 11.3 Å². The van der Waals surface area contributed by atoms with Gasteiger partial charge < -0.3 is 10.1 Å². The molecule has 0 radical (unpaired) electrons. The Bertz CT molecular complexity index is 248. The SMILES string of the molecule is CCCC(OC)C(Cc1ccsc1)NC. The van der Waals surface area contributed by atoms with Crippen molar-refractivity contribution >= 4 is 11.3 Å². The van der Waals surface area contributed by atoms with Crippen LogP contribution in [0.1, 0.15) is 25.3 Å². The zero-order valence-electron chi connectivity index (χ0n) is 9.82. The summed E-state index contributed by atoms with van der Waals surface area (Å²) in [6, 6.07) is 2.61. The summed E-state index contributed by atoms with van der Waals surface area (Å²) in [6.45, 7) is 2.20. The van der Waals surface area contributed by atoms with Crippen LogP contribution in [0.2, 0.25) is 0 Å². The first-order valence-corrected chi connectivity index (χ1v) is 6.47. The molecule has 0 saturated heterocycles. The van der Waals surface area contributed by atoms with Crippen LogP contribution < -0.4 is 5.32 Å². The number of methoxy groups -OCH3 is 1. The minimum absolute atomic E-state index is 0.319. The summed E-state index contributed by atoms with van der Waals surface area (Å²) in [5.74, 6) is 0. The Kier molecular flexibility index (Phi) is 5.91. The number of rotatable bonds is 7. The van der Waals surface area contributed by atoms with E-state index in [1.807, 2.05) is 7.05 Å². The molecular weight excluding hydrogens is 206 g/mol. The van der Waals surface area contributed by atoms with Crippen LogP contribution in [0.3, 0.4) is 0 Å². The molecule has 2 nitrogen and oxygen atoms in total. The van der Waals surface area contributed by atoms with Gasteiger partial charge in [0.1, 0.15) is 0 Å². The van der Waals surface area contributed by atoms with Crippen molar-refractivity contribution in [3.05, 3.63) is 22.4 Å². The van der Waals surface area contributed by atoms with E-state index in [1.54, 1.807) is 18.4 Å². The summed E-state index contributed by atoms with van der Waals surface area (Å²) < 4.78 is 5.53. The molecule has 2 unspecified atom stereocenters. The normalized spacial score (nSPS) is 15.1. The molecule has 3 heteroatoms. The van der Waals surface area contributed by atoms with E-state index in [1.165, 1.54) is 12.0 Å². The summed E-state index contributed by atoms with van der Waals surface area (Å²) in [4.78, 5) is 0. The minimum atomic E-state index is 0.319. The van der Waals surface area contributed by atoms with E-state index >= 15 is 0 Å². The zero-order chi connectivity index (χ0) is 11.1. The number of hydrogen-bond acceptors (Lipinski definition) is 3. The highest BCUT2D eigenvalue weighted by atomic mass is 32.1. The van der Waals surface area contributed by atoms with Crippen LogP contribution in [-0.4, -0.2) is 26.3 Å². The molecule has 0 amide bonds. The number of likely N-dealkylation sites (N-methyl/N-ethyl adjacent to an activating group) is 1. The second kappa shape index (κ2) is 6.99. The van der Waals surface area contributed by atoms with Crippen molar-refractivity contribution in [3.8, 4) is 0 Å². The summed E-state index contributed by atoms with van der Waals surface area (Å²) in [6.07, 6.45) is 3.66. The summed E-state index contributed by atoms with van der Waals surface area (Å²) >= 11 is 1.76. The molecule has 1 aromatic heterocycles. The molecular formula is C12H21NOS. The number of thiophene rings is 1. The van der Waals surface area contributed by atoms with Gasteiger partial charge in [-0.1, -0.05) is 13.3 Å². The Balaban J connectivity index is 2.53. The average Bonchev–Trinajstić information content (AvgIpc) is 2.75. The molecule has 0 saturated carbocycles. The lowest BCUT2D eigenvalue weighted by molar-refractivity contribution is 0.0633. The highest BCUT2D eigenvalue weighted by molar-refractivity contribution is 7.07. The van der Waals surface area contributed by atoms with Gasteiger partial charge in [0, 0.05) is 13.2 Å². The molecule has 0 aliphatic rings. The van der Waals surface area contributed by atoms with E-state index < -0.39 is 0 Å². The first kappa shape index (κ1) is 12.7. The van der Waals surface area contributed by atoms with Gasteiger partial charge in [-0.15, -0.1) is 0 Å². The monoisotopic (exact) mass is 227 g/mol. The van der Waals surface area contributed by atoms with Crippen molar-refractivity contribution < 1.29 is 4.74 Å². The lowest BCUT2D eigenvalue weighted by Crippen LogP contribution is -2.40. The molecule has 0 fully saturated rings. The quantitative estimate of drug-likeness (QED) is 0.773. The molecule has 1 N–H and O–H groups in total. The lowest BCUT2D eigenvalue weighted by atomic mass is 10.00. The van der Waals surface area contributed by atoms with E-state index in [4.69, 9.17) is 4.74 Å². The van der Waals surface area contributed by atoms with Crippen molar-refractivity contribution in [2.75, 3.05) is 14.2 Å². The molecule has 15 heavy (non-hydrogen) atoms. The van der Waals surface area contributed by atoms with Gasteiger partial charge in [0.05, 0.1) is 6.10 Å². The minimum Gasteiger partial charge on any atom is -0.380 e. The van der Waals surface area contributed by atoms with E-state index in [0.717, 1.165) is 12.8 Å². The second-order valence-corrected chi connectivity index (χ2v) is 4.57. The molecule has 0 bridgehead atoms. The van der Waals surface area contributed by atoms with Gasteiger partial charge in [0.25, 0.3) is 0 Å². The van der Waals surface area contributed by atoms with Crippen LogP contribution >= 0.6 is 11.3 Å². The number of ether oxygens (including phenoxy) is 1. The van der Waals surface area contributed by atoms with E-state index in [2.05, 4.69) is 29.1 Å². The van der Waals surface area contributed by atoms with Crippen LogP contribution in [0, 0.1) is 0 Å². The van der Waals surface area contributed by atoms with Gasteiger partial charge in [0.15, 0.2) is 0 Å². The van der Waals surface area contributed by atoms with Gasteiger partial charge in [-0.3, -0.25) is 0 Å². The Morgan fingerprint density at radius 3 is 2.80 bits per heavy atom. The molecule has 86 valence electrons. The smallest absolute Gasteiger partial charge is 0.0727 e. The standard InChI is InChI=1S/C12H21NOS/c1-4-5-12(14-3)11(13-2)8-10-6-7-15-9-10/h6-7,9,11-13H,4-5,8H2,1-3H3. The summed E-state index contributed by atoms with van der Waals surface area (Å²) in [5.41, 5.74) is 1.40. The van der Waals surface area contributed by atoms with Gasteiger partial charge in [-0.05, 0) is 42.3 Å². The number of hydrogen-bond donors (Lipinski definition) is 1. The van der Waals surface area contributed by atoms with Gasteiger partial charge >= 0.3 is 0 Å². The topological polar surface area (TPSA) is 21.3 Å². The predicted octanol–water partition coefficient (Wildman–Crippen LogP) is 2.69. The fraction of sp³-hybridized carbons (Fsp3) is 0.667.